The maximum Gasteiger partial charge on any atom is 0.120 e. The molecule has 1 heterocycles. The van der Waals surface area contributed by atoms with Crippen LogP contribution in [0.5, 0.6) is 0 Å². The fourth-order valence-corrected chi connectivity index (χ4v) is 2.28. The molecule has 0 aromatic carbocycles. The van der Waals surface area contributed by atoms with E-state index in [9.17, 15) is 0 Å². The van der Waals surface area contributed by atoms with Crippen LogP contribution in [-0.4, -0.2) is 6.54 Å². The molecule has 0 aliphatic rings. The van der Waals surface area contributed by atoms with Crippen LogP contribution in [0.15, 0.2) is 16.7 Å². The van der Waals surface area contributed by atoms with Gasteiger partial charge in [-0.05, 0) is 36.3 Å². The topological polar surface area (TPSA) is 25.2 Å². The largest absolute Gasteiger partial charge is 0.468 e. The fourth-order valence-electron chi connectivity index (χ4n) is 2.28. The number of rotatable bonds is 6. The van der Waals surface area contributed by atoms with Crippen LogP contribution < -0.4 is 5.32 Å². The lowest BCUT2D eigenvalue weighted by Crippen LogP contribution is -2.30. The maximum atomic E-state index is 5.40. The maximum absolute atomic E-state index is 5.40. The minimum atomic E-state index is 0. The summed E-state index contributed by atoms with van der Waals surface area (Å²) in [7, 11) is 0. The van der Waals surface area contributed by atoms with Crippen molar-refractivity contribution < 1.29 is 4.42 Å². The van der Waals surface area contributed by atoms with Crippen molar-refractivity contribution in [1.82, 2.24) is 5.32 Å². The Morgan fingerprint density at radius 2 is 2.00 bits per heavy atom. The SMILES string of the molecule is Cc1ccoc1CNCC(C)(C)CC(C)C.Cl. The van der Waals surface area contributed by atoms with Crippen LogP contribution in [0.4, 0.5) is 0 Å². The van der Waals surface area contributed by atoms with Crippen molar-refractivity contribution in [2.75, 3.05) is 6.54 Å². The van der Waals surface area contributed by atoms with Crippen LogP contribution >= 0.6 is 12.4 Å². The summed E-state index contributed by atoms with van der Waals surface area (Å²) in [5.41, 5.74) is 1.59. The highest BCUT2D eigenvalue weighted by Gasteiger charge is 2.19. The minimum absolute atomic E-state index is 0. The predicted octanol–water partition coefficient (Wildman–Crippen LogP) is 4.17. The average molecular weight is 260 g/mol. The van der Waals surface area contributed by atoms with Crippen molar-refractivity contribution in [2.45, 2.75) is 47.6 Å². The normalized spacial score (nSPS) is 11.6. The number of aryl methyl sites for hydroxylation is 1. The van der Waals surface area contributed by atoms with Gasteiger partial charge < -0.3 is 9.73 Å². The van der Waals surface area contributed by atoms with Gasteiger partial charge in [0, 0.05) is 6.54 Å². The van der Waals surface area contributed by atoms with Gasteiger partial charge in [-0.15, -0.1) is 12.4 Å². The Morgan fingerprint density at radius 1 is 1.35 bits per heavy atom. The molecule has 0 saturated heterocycles. The van der Waals surface area contributed by atoms with Gasteiger partial charge in [0.1, 0.15) is 5.76 Å². The van der Waals surface area contributed by atoms with E-state index in [1.54, 1.807) is 6.26 Å². The van der Waals surface area contributed by atoms with Crippen molar-refractivity contribution in [3.8, 4) is 0 Å². The van der Waals surface area contributed by atoms with Gasteiger partial charge in [-0.3, -0.25) is 0 Å². The minimum Gasteiger partial charge on any atom is -0.468 e. The molecule has 0 radical (unpaired) electrons. The standard InChI is InChI=1S/C14H25NO.ClH/c1-11(2)8-14(4,5)10-15-9-13-12(3)6-7-16-13;/h6-7,11,15H,8-10H2,1-5H3;1H. The number of hydrogen-bond donors (Lipinski definition) is 1. The number of furan rings is 1. The molecule has 1 aromatic rings. The van der Waals surface area contributed by atoms with Gasteiger partial charge in [0.25, 0.3) is 0 Å². The second-order valence-electron chi connectivity index (χ2n) is 5.89. The zero-order chi connectivity index (χ0) is 12.2. The lowest BCUT2D eigenvalue weighted by Gasteiger charge is -2.26. The van der Waals surface area contributed by atoms with Gasteiger partial charge in [0.2, 0.25) is 0 Å². The molecule has 1 rings (SSSR count). The van der Waals surface area contributed by atoms with Crippen LogP contribution in [-0.2, 0) is 6.54 Å². The molecule has 2 nitrogen and oxygen atoms in total. The number of halogens is 1. The summed E-state index contributed by atoms with van der Waals surface area (Å²) in [5.74, 6) is 1.81. The average Bonchev–Trinajstić information content (AvgIpc) is 2.49. The van der Waals surface area contributed by atoms with Crippen molar-refractivity contribution in [3.63, 3.8) is 0 Å². The molecule has 0 amide bonds. The van der Waals surface area contributed by atoms with Crippen molar-refractivity contribution in [3.05, 3.63) is 23.7 Å². The molecule has 0 saturated carbocycles. The lowest BCUT2D eigenvalue weighted by atomic mass is 9.84. The summed E-state index contributed by atoms with van der Waals surface area (Å²) in [5, 5.41) is 3.48. The van der Waals surface area contributed by atoms with Crippen molar-refractivity contribution >= 4 is 12.4 Å². The summed E-state index contributed by atoms with van der Waals surface area (Å²) >= 11 is 0. The molecule has 3 heteroatoms. The van der Waals surface area contributed by atoms with E-state index in [0.29, 0.717) is 5.41 Å². The Labute approximate surface area is 112 Å². The summed E-state index contributed by atoms with van der Waals surface area (Å²) in [6.07, 6.45) is 3.00. The van der Waals surface area contributed by atoms with E-state index >= 15 is 0 Å². The Hall–Kier alpha value is -0.470. The van der Waals surface area contributed by atoms with Gasteiger partial charge in [0.15, 0.2) is 0 Å². The molecule has 0 unspecified atom stereocenters. The third-order valence-corrected chi connectivity index (χ3v) is 2.82. The fraction of sp³-hybridized carbons (Fsp3) is 0.714. The van der Waals surface area contributed by atoms with Gasteiger partial charge in [-0.25, -0.2) is 0 Å². The molecular weight excluding hydrogens is 234 g/mol. The van der Waals surface area contributed by atoms with E-state index in [0.717, 1.165) is 24.8 Å². The molecule has 100 valence electrons. The zero-order valence-corrected chi connectivity index (χ0v) is 12.5. The highest BCUT2D eigenvalue weighted by molar-refractivity contribution is 5.85. The Kier molecular flexibility index (Phi) is 6.88. The van der Waals surface area contributed by atoms with E-state index < -0.39 is 0 Å². The van der Waals surface area contributed by atoms with Crippen LogP contribution in [0.25, 0.3) is 0 Å². The summed E-state index contributed by atoms with van der Waals surface area (Å²) in [4.78, 5) is 0. The molecule has 0 bridgehead atoms. The second kappa shape index (κ2) is 7.07. The van der Waals surface area contributed by atoms with Crippen LogP contribution in [0, 0.1) is 18.3 Å². The van der Waals surface area contributed by atoms with Crippen molar-refractivity contribution in [1.29, 1.82) is 0 Å². The molecule has 0 fully saturated rings. The summed E-state index contributed by atoms with van der Waals surface area (Å²) in [6, 6.07) is 2.01. The Bertz CT molecular complexity index is 318. The predicted molar refractivity (Wildman–Crippen MR) is 75.6 cm³/mol. The van der Waals surface area contributed by atoms with E-state index in [1.165, 1.54) is 12.0 Å². The quantitative estimate of drug-likeness (QED) is 0.829. The monoisotopic (exact) mass is 259 g/mol. The second-order valence-corrected chi connectivity index (χ2v) is 5.89. The van der Waals surface area contributed by atoms with E-state index in [4.69, 9.17) is 4.42 Å². The van der Waals surface area contributed by atoms with E-state index in [1.807, 2.05) is 6.07 Å². The summed E-state index contributed by atoms with van der Waals surface area (Å²) < 4.78 is 5.40. The first-order valence-electron chi connectivity index (χ1n) is 6.14. The van der Waals surface area contributed by atoms with Crippen LogP contribution in [0.3, 0.4) is 0 Å². The number of hydrogen-bond acceptors (Lipinski definition) is 2. The van der Waals surface area contributed by atoms with E-state index in [-0.39, 0.29) is 12.4 Å². The first-order valence-corrected chi connectivity index (χ1v) is 6.14. The highest BCUT2D eigenvalue weighted by atomic mass is 35.5. The lowest BCUT2D eigenvalue weighted by molar-refractivity contribution is 0.269. The van der Waals surface area contributed by atoms with Gasteiger partial charge in [0.05, 0.1) is 12.8 Å². The molecule has 17 heavy (non-hydrogen) atoms. The smallest absolute Gasteiger partial charge is 0.120 e. The van der Waals surface area contributed by atoms with Gasteiger partial charge >= 0.3 is 0 Å². The Balaban J connectivity index is 0.00000256. The van der Waals surface area contributed by atoms with Crippen LogP contribution in [0.2, 0.25) is 0 Å². The molecule has 0 atom stereocenters. The van der Waals surface area contributed by atoms with Crippen molar-refractivity contribution in [2.24, 2.45) is 11.3 Å². The van der Waals surface area contributed by atoms with E-state index in [2.05, 4.69) is 39.9 Å². The Morgan fingerprint density at radius 3 is 2.47 bits per heavy atom. The van der Waals surface area contributed by atoms with Crippen LogP contribution in [0.1, 0.15) is 45.4 Å². The summed E-state index contributed by atoms with van der Waals surface area (Å²) in [6.45, 7) is 13.1. The van der Waals surface area contributed by atoms with Gasteiger partial charge in [-0.1, -0.05) is 27.7 Å². The molecule has 1 aromatic heterocycles. The molecule has 0 aliphatic heterocycles. The first-order chi connectivity index (χ1) is 7.41. The molecule has 1 N–H and O–H groups in total. The number of nitrogens with one attached hydrogen (secondary N) is 1. The molecule has 0 aliphatic carbocycles. The molecular formula is C14H26ClNO. The third kappa shape index (κ3) is 6.13. The van der Waals surface area contributed by atoms with Gasteiger partial charge in [-0.2, -0.15) is 0 Å². The highest BCUT2D eigenvalue weighted by Crippen LogP contribution is 2.24. The molecule has 0 spiro atoms. The zero-order valence-electron chi connectivity index (χ0n) is 11.7. The third-order valence-electron chi connectivity index (χ3n) is 2.82. The first kappa shape index (κ1) is 16.5.